The zero-order chi connectivity index (χ0) is 44.4. The summed E-state index contributed by atoms with van der Waals surface area (Å²) in [6.07, 6.45) is -7.61. The van der Waals surface area contributed by atoms with E-state index in [1.807, 2.05) is 20.8 Å². The summed E-state index contributed by atoms with van der Waals surface area (Å²) in [4.78, 5) is 64.6. The second-order valence-corrected chi connectivity index (χ2v) is 17.2. The third kappa shape index (κ3) is 14.5. The van der Waals surface area contributed by atoms with Gasteiger partial charge in [0.15, 0.2) is 18.7 Å². The number of carbonyl (C=O) groups excluding carboxylic acids is 5. The lowest BCUT2D eigenvalue weighted by atomic mass is 9.82. The third-order valence-electron chi connectivity index (χ3n) is 11.0. The molecule has 0 radical (unpaired) electrons. The van der Waals surface area contributed by atoms with Crippen LogP contribution in [-0.4, -0.2) is 152 Å². The predicted molar refractivity (Wildman–Crippen MR) is 210 cm³/mol. The Labute approximate surface area is 348 Å². The zero-order valence-electron chi connectivity index (χ0n) is 36.8. The monoisotopic (exact) mass is 843 g/mol. The molecule has 2 saturated heterocycles. The fourth-order valence-corrected chi connectivity index (χ4v) is 8.30. The number of nitrogens with zero attached hydrogens (tertiary/aromatic N) is 1. The van der Waals surface area contributed by atoms with Gasteiger partial charge in [0, 0.05) is 46.6 Å². The van der Waals surface area contributed by atoms with E-state index in [2.05, 4.69) is 0 Å². The molecule has 2 fully saturated rings. The number of ether oxygens (including phenoxy) is 9. The second kappa shape index (κ2) is 22.7. The standard InChI is InChI=1S/C42H69NO16/c1-22(2)18-32(47)57-40-26(6)53-34(21-42(40,9)50)58-37-25(5)54-41(36(49)35(37)43(10)11)59-38-29(16-17-44)19-23(3)30(55-27(7)45)15-13-14-24(4)52-33(48)20-31(39(38)51-12)56-28(8)46/h13,15,17,22-26,29-31,34-41,49-50H,14,16,18-21H2,1-12H3/b15-13+/t23-,24-,25-,26+,29+,30+,31-,34+,35-,36-,37-,38?,39+,40+,41+,42-/m1/s1. The van der Waals surface area contributed by atoms with Crippen molar-refractivity contribution >= 4 is 30.2 Å². The van der Waals surface area contributed by atoms with Crippen molar-refractivity contribution in [1.29, 1.82) is 0 Å². The van der Waals surface area contributed by atoms with E-state index in [9.17, 15) is 34.2 Å². The lowest BCUT2D eigenvalue weighted by Crippen LogP contribution is -2.66. The maximum atomic E-state index is 13.3. The van der Waals surface area contributed by atoms with Gasteiger partial charge in [-0.2, -0.15) is 0 Å². The average Bonchev–Trinajstić information content (AvgIpc) is 3.09. The summed E-state index contributed by atoms with van der Waals surface area (Å²) in [5.74, 6) is -3.37. The number of aliphatic hydroxyl groups excluding tert-OH is 1. The van der Waals surface area contributed by atoms with E-state index in [1.54, 1.807) is 58.8 Å². The van der Waals surface area contributed by atoms with Crippen molar-refractivity contribution in [3.8, 4) is 0 Å². The first-order valence-corrected chi connectivity index (χ1v) is 20.6. The van der Waals surface area contributed by atoms with Gasteiger partial charge in [-0.05, 0) is 72.0 Å². The number of likely N-dealkylation sites (N-methyl/N-ethyl adjacent to an activating group) is 1. The van der Waals surface area contributed by atoms with Crippen LogP contribution in [0, 0.1) is 17.8 Å². The number of hydrogen-bond donors (Lipinski definition) is 2. The molecule has 338 valence electrons. The summed E-state index contributed by atoms with van der Waals surface area (Å²) in [6, 6.07) is -0.795. The molecule has 0 aromatic rings. The Kier molecular flexibility index (Phi) is 19.4. The molecule has 1 unspecified atom stereocenters. The van der Waals surface area contributed by atoms with Crippen LogP contribution in [0.5, 0.6) is 0 Å². The smallest absolute Gasteiger partial charge is 0.309 e. The molecule has 0 bridgehead atoms. The zero-order valence-corrected chi connectivity index (χ0v) is 36.8. The van der Waals surface area contributed by atoms with Gasteiger partial charge in [-0.25, -0.2) is 0 Å². The molecule has 0 spiro atoms. The van der Waals surface area contributed by atoms with Crippen LogP contribution in [0.3, 0.4) is 0 Å². The number of rotatable bonds is 13. The highest BCUT2D eigenvalue weighted by molar-refractivity contribution is 5.72. The molecule has 17 heteroatoms. The Balaban J connectivity index is 2.00. The minimum atomic E-state index is -1.51. The van der Waals surface area contributed by atoms with E-state index >= 15 is 0 Å². The van der Waals surface area contributed by atoms with Gasteiger partial charge in [-0.3, -0.25) is 19.2 Å². The van der Waals surface area contributed by atoms with E-state index in [0.717, 1.165) is 0 Å². The van der Waals surface area contributed by atoms with Gasteiger partial charge in [0.25, 0.3) is 0 Å². The van der Waals surface area contributed by atoms with Crippen LogP contribution < -0.4 is 0 Å². The maximum Gasteiger partial charge on any atom is 0.309 e. The van der Waals surface area contributed by atoms with Crippen LogP contribution in [0.4, 0.5) is 0 Å². The second-order valence-electron chi connectivity index (χ2n) is 17.2. The lowest BCUT2D eigenvalue weighted by molar-refractivity contribution is -0.344. The molecule has 0 aromatic heterocycles. The van der Waals surface area contributed by atoms with Crippen molar-refractivity contribution in [3.63, 3.8) is 0 Å². The van der Waals surface area contributed by atoms with Crippen LogP contribution in [0.15, 0.2) is 12.2 Å². The highest BCUT2D eigenvalue weighted by atomic mass is 16.7. The van der Waals surface area contributed by atoms with E-state index in [4.69, 9.17) is 42.6 Å². The summed E-state index contributed by atoms with van der Waals surface area (Å²) >= 11 is 0. The van der Waals surface area contributed by atoms with Crippen molar-refractivity contribution in [2.75, 3.05) is 21.2 Å². The van der Waals surface area contributed by atoms with E-state index < -0.39 is 121 Å². The number of hydrogen-bond acceptors (Lipinski definition) is 17. The Morgan fingerprint density at radius 1 is 0.983 bits per heavy atom. The Morgan fingerprint density at radius 3 is 2.20 bits per heavy atom. The first kappa shape index (κ1) is 50.3. The lowest BCUT2D eigenvalue weighted by Gasteiger charge is -2.50. The molecular weight excluding hydrogens is 774 g/mol. The van der Waals surface area contributed by atoms with Crippen LogP contribution >= 0.6 is 0 Å². The first-order valence-electron chi connectivity index (χ1n) is 20.6. The van der Waals surface area contributed by atoms with Gasteiger partial charge in [0.1, 0.15) is 48.5 Å². The molecule has 2 N–H and O–H groups in total. The molecule has 0 aliphatic carbocycles. The number of cyclic esters (lactones) is 1. The molecule has 17 nitrogen and oxygen atoms in total. The molecular formula is C42H69NO16. The number of methoxy groups -OCH3 is 1. The van der Waals surface area contributed by atoms with Gasteiger partial charge in [-0.1, -0.05) is 26.8 Å². The number of aliphatic hydroxyl groups is 2. The summed E-state index contributed by atoms with van der Waals surface area (Å²) in [5.41, 5.74) is -1.51. The molecule has 3 aliphatic heterocycles. The van der Waals surface area contributed by atoms with Crippen LogP contribution in [0.1, 0.15) is 101 Å². The number of esters is 4. The molecule has 0 aromatic carbocycles. The van der Waals surface area contributed by atoms with Crippen molar-refractivity contribution in [3.05, 3.63) is 12.2 Å². The topological polar surface area (TPSA) is 212 Å². The van der Waals surface area contributed by atoms with Gasteiger partial charge < -0.3 is 62.5 Å². The third-order valence-corrected chi connectivity index (χ3v) is 11.0. The van der Waals surface area contributed by atoms with E-state index in [1.165, 1.54) is 21.0 Å². The van der Waals surface area contributed by atoms with Crippen LogP contribution in [0.25, 0.3) is 0 Å². The minimum Gasteiger partial charge on any atom is -0.462 e. The molecule has 3 rings (SSSR count). The Morgan fingerprint density at radius 2 is 1.64 bits per heavy atom. The highest BCUT2D eigenvalue weighted by Crippen LogP contribution is 2.38. The van der Waals surface area contributed by atoms with Gasteiger partial charge >= 0.3 is 23.9 Å². The van der Waals surface area contributed by atoms with Crippen LogP contribution in [0.2, 0.25) is 0 Å². The van der Waals surface area contributed by atoms with Gasteiger partial charge in [0.05, 0.1) is 30.8 Å². The summed E-state index contributed by atoms with van der Waals surface area (Å²) in [7, 11) is 4.84. The Bertz CT molecular complexity index is 1420. The number of carbonyl (C=O) groups is 5. The molecule has 59 heavy (non-hydrogen) atoms. The van der Waals surface area contributed by atoms with Crippen molar-refractivity contribution in [1.82, 2.24) is 4.90 Å². The molecule has 16 atom stereocenters. The Hall–Kier alpha value is -3.03. The first-order chi connectivity index (χ1) is 27.6. The summed E-state index contributed by atoms with van der Waals surface area (Å²) < 4.78 is 54.3. The quantitative estimate of drug-likeness (QED) is 0.118. The molecule has 3 heterocycles. The van der Waals surface area contributed by atoms with E-state index in [0.29, 0.717) is 12.7 Å². The fourth-order valence-electron chi connectivity index (χ4n) is 8.30. The summed E-state index contributed by atoms with van der Waals surface area (Å²) in [5, 5.41) is 23.6. The highest BCUT2D eigenvalue weighted by Gasteiger charge is 2.53. The van der Waals surface area contributed by atoms with Crippen LogP contribution in [-0.2, 0) is 66.6 Å². The minimum absolute atomic E-state index is 0.0538. The van der Waals surface area contributed by atoms with Gasteiger partial charge in [0.2, 0.25) is 0 Å². The molecule has 0 amide bonds. The van der Waals surface area contributed by atoms with Crippen molar-refractivity contribution in [2.24, 2.45) is 17.8 Å². The fraction of sp³-hybridized carbons (Fsp3) is 0.833. The molecule has 0 saturated carbocycles. The SMILES string of the molecule is CO[C@@H]1C(O[C@@H]2O[C@H](C)[C@@H](O[C@H]3C[C@@](C)(O)[C@@H](OC(=O)CC(C)C)[C@H](C)O3)[C@H](N(C)C)[C@H]2O)[C@@H](CC=O)C[C@@H](C)[C@@H](OC(C)=O)/C=C/C[C@@H](C)OC(=O)C[C@H]1OC(C)=O. The van der Waals surface area contributed by atoms with Gasteiger partial charge in [-0.15, -0.1) is 0 Å². The van der Waals surface area contributed by atoms with E-state index in [-0.39, 0.29) is 37.5 Å². The predicted octanol–water partition coefficient (Wildman–Crippen LogP) is 3.03. The number of aldehydes is 1. The largest absolute Gasteiger partial charge is 0.462 e. The summed E-state index contributed by atoms with van der Waals surface area (Å²) in [6.45, 7) is 14.8. The maximum absolute atomic E-state index is 13.3. The average molecular weight is 844 g/mol. The molecule has 3 aliphatic rings. The van der Waals surface area contributed by atoms with Crippen molar-refractivity contribution in [2.45, 2.75) is 186 Å². The van der Waals surface area contributed by atoms with Crippen molar-refractivity contribution < 1.29 is 76.8 Å². The normalized spacial score (nSPS) is 39.4.